The molecule has 160 valence electrons. The predicted molar refractivity (Wildman–Crippen MR) is 121 cm³/mol. The standard InChI is InChI=1S/C23H31N5O2/c1-5-6-7-8-12-26-21(29)19-20(25(4)23(26)30)24-22-27(14-17(3)15-28(19)22)18-11-9-10-16(2)13-18/h9-11,13,17H,5-8,12,14-15H2,1-4H3. The van der Waals surface area contributed by atoms with Crippen LogP contribution in [-0.4, -0.2) is 25.2 Å². The molecule has 0 bridgehead atoms. The molecule has 3 aromatic rings. The Balaban J connectivity index is 1.87. The summed E-state index contributed by atoms with van der Waals surface area (Å²) in [6.45, 7) is 8.41. The van der Waals surface area contributed by atoms with Gasteiger partial charge in [0.15, 0.2) is 11.2 Å². The molecule has 0 saturated carbocycles. The lowest BCUT2D eigenvalue weighted by Crippen LogP contribution is -2.40. The van der Waals surface area contributed by atoms with Gasteiger partial charge in [-0.1, -0.05) is 45.2 Å². The normalized spacial score (nSPS) is 16.3. The lowest BCUT2D eigenvalue weighted by Gasteiger charge is -2.33. The number of aromatic nitrogens is 4. The fourth-order valence-corrected chi connectivity index (χ4v) is 4.41. The highest BCUT2D eigenvalue weighted by molar-refractivity contribution is 5.77. The fraction of sp³-hybridized carbons (Fsp3) is 0.522. The number of nitrogens with zero attached hydrogens (tertiary/aromatic N) is 5. The number of benzene rings is 1. The van der Waals surface area contributed by atoms with Crippen LogP contribution in [0.2, 0.25) is 0 Å². The number of unbranched alkanes of at least 4 members (excludes halogenated alkanes) is 3. The van der Waals surface area contributed by atoms with Crippen molar-refractivity contribution in [1.29, 1.82) is 0 Å². The Morgan fingerprint density at radius 3 is 2.67 bits per heavy atom. The molecule has 3 heterocycles. The molecule has 7 heteroatoms. The summed E-state index contributed by atoms with van der Waals surface area (Å²) in [5, 5.41) is 0. The number of fused-ring (bicyclic) bond motifs is 3. The van der Waals surface area contributed by atoms with Gasteiger partial charge in [-0.05, 0) is 37.0 Å². The molecule has 0 spiro atoms. The highest BCUT2D eigenvalue weighted by Gasteiger charge is 2.29. The third kappa shape index (κ3) is 3.46. The number of aryl methyl sites for hydroxylation is 2. The van der Waals surface area contributed by atoms with E-state index in [9.17, 15) is 9.59 Å². The van der Waals surface area contributed by atoms with E-state index < -0.39 is 0 Å². The molecular formula is C23H31N5O2. The van der Waals surface area contributed by atoms with Crippen molar-refractivity contribution in [3.63, 3.8) is 0 Å². The smallest absolute Gasteiger partial charge is 0.312 e. The van der Waals surface area contributed by atoms with Gasteiger partial charge < -0.3 is 9.47 Å². The number of imidazole rings is 1. The average Bonchev–Trinajstić information content (AvgIpc) is 3.10. The summed E-state index contributed by atoms with van der Waals surface area (Å²) in [6, 6.07) is 8.31. The fourth-order valence-electron chi connectivity index (χ4n) is 4.41. The Labute approximate surface area is 176 Å². The summed E-state index contributed by atoms with van der Waals surface area (Å²) in [5.41, 5.74) is 2.73. The Morgan fingerprint density at radius 1 is 1.13 bits per heavy atom. The molecule has 1 aromatic carbocycles. The van der Waals surface area contributed by atoms with Gasteiger partial charge in [-0.25, -0.2) is 4.79 Å². The molecule has 1 aliphatic rings. The topological polar surface area (TPSA) is 65.1 Å². The van der Waals surface area contributed by atoms with Gasteiger partial charge in [-0.3, -0.25) is 13.9 Å². The second-order valence-electron chi connectivity index (χ2n) is 8.61. The number of anilines is 2. The van der Waals surface area contributed by atoms with Crippen molar-refractivity contribution < 1.29 is 0 Å². The Bertz CT molecular complexity index is 1190. The molecule has 0 amide bonds. The Hall–Kier alpha value is -2.83. The lowest BCUT2D eigenvalue weighted by molar-refractivity contribution is 0.457. The van der Waals surface area contributed by atoms with Crippen LogP contribution in [0.25, 0.3) is 11.2 Å². The first-order valence-electron chi connectivity index (χ1n) is 11.0. The van der Waals surface area contributed by atoms with E-state index in [1.807, 2.05) is 10.6 Å². The minimum atomic E-state index is -0.283. The van der Waals surface area contributed by atoms with E-state index in [1.54, 1.807) is 7.05 Å². The van der Waals surface area contributed by atoms with E-state index >= 15 is 0 Å². The van der Waals surface area contributed by atoms with Crippen molar-refractivity contribution in [2.45, 2.75) is 59.5 Å². The van der Waals surface area contributed by atoms with E-state index in [0.29, 0.717) is 23.6 Å². The maximum absolute atomic E-state index is 13.4. The Kier molecular flexibility index (Phi) is 5.54. The van der Waals surface area contributed by atoms with Crippen LogP contribution in [0, 0.1) is 12.8 Å². The maximum atomic E-state index is 13.4. The van der Waals surface area contributed by atoms with Crippen LogP contribution in [0.1, 0.15) is 45.1 Å². The van der Waals surface area contributed by atoms with Gasteiger partial charge in [0.25, 0.3) is 5.56 Å². The largest absolute Gasteiger partial charge is 0.332 e. The van der Waals surface area contributed by atoms with Crippen LogP contribution in [-0.2, 0) is 20.1 Å². The van der Waals surface area contributed by atoms with E-state index in [-0.39, 0.29) is 11.2 Å². The van der Waals surface area contributed by atoms with Crippen LogP contribution in [0.4, 0.5) is 11.6 Å². The maximum Gasteiger partial charge on any atom is 0.332 e. The van der Waals surface area contributed by atoms with Crippen LogP contribution in [0.3, 0.4) is 0 Å². The summed E-state index contributed by atoms with van der Waals surface area (Å²) in [5.74, 6) is 1.09. The van der Waals surface area contributed by atoms with Crippen molar-refractivity contribution in [3.8, 4) is 0 Å². The minimum absolute atomic E-state index is 0.221. The van der Waals surface area contributed by atoms with Crippen molar-refractivity contribution >= 4 is 22.8 Å². The lowest BCUT2D eigenvalue weighted by atomic mass is 10.1. The minimum Gasteiger partial charge on any atom is -0.312 e. The van der Waals surface area contributed by atoms with Gasteiger partial charge in [0.05, 0.1) is 0 Å². The van der Waals surface area contributed by atoms with E-state index in [1.165, 1.54) is 14.7 Å². The highest BCUT2D eigenvalue weighted by atomic mass is 16.2. The molecular weight excluding hydrogens is 378 g/mol. The molecule has 30 heavy (non-hydrogen) atoms. The molecule has 4 rings (SSSR count). The monoisotopic (exact) mass is 409 g/mol. The van der Waals surface area contributed by atoms with Crippen molar-refractivity contribution in [3.05, 3.63) is 50.7 Å². The van der Waals surface area contributed by atoms with Crippen molar-refractivity contribution in [2.24, 2.45) is 13.0 Å². The molecule has 0 radical (unpaired) electrons. The Morgan fingerprint density at radius 2 is 1.93 bits per heavy atom. The molecule has 1 aliphatic heterocycles. The molecule has 2 aromatic heterocycles. The molecule has 0 aliphatic carbocycles. The van der Waals surface area contributed by atoms with Gasteiger partial charge in [-0.2, -0.15) is 4.98 Å². The first-order chi connectivity index (χ1) is 14.4. The van der Waals surface area contributed by atoms with Crippen LogP contribution in [0.15, 0.2) is 33.9 Å². The molecule has 1 atom stereocenters. The summed E-state index contributed by atoms with van der Waals surface area (Å²) < 4.78 is 4.93. The number of rotatable bonds is 6. The van der Waals surface area contributed by atoms with E-state index in [4.69, 9.17) is 4.98 Å². The molecule has 7 nitrogen and oxygen atoms in total. The van der Waals surface area contributed by atoms with Gasteiger partial charge in [0, 0.05) is 32.4 Å². The summed E-state index contributed by atoms with van der Waals surface area (Å²) >= 11 is 0. The molecule has 0 N–H and O–H groups in total. The molecule has 0 fully saturated rings. The van der Waals surface area contributed by atoms with Crippen molar-refractivity contribution in [1.82, 2.24) is 18.7 Å². The predicted octanol–water partition coefficient (Wildman–Crippen LogP) is 3.57. The summed E-state index contributed by atoms with van der Waals surface area (Å²) in [6.07, 6.45) is 4.09. The van der Waals surface area contributed by atoms with Crippen molar-refractivity contribution in [2.75, 3.05) is 11.4 Å². The summed E-state index contributed by atoms with van der Waals surface area (Å²) in [4.78, 5) is 33.2. The number of hydrogen-bond donors (Lipinski definition) is 0. The van der Waals surface area contributed by atoms with E-state index in [2.05, 4.69) is 43.9 Å². The number of hydrogen-bond acceptors (Lipinski definition) is 4. The zero-order valence-electron chi connectivity index (χ0n) is 18.4. The van der Waals surface area contributed by atoms with Gasteiger partial charge >= 0.3 is 5.69 Å². The highest BCUT2D eigenvalue weighted by Crippen LogP contribution is 2.33. The van der Waals surface area contributed by atoms with E-state index in [0.717, 1.165) is 50.4 Å². The van der Waals surface area contributed by atoms with Crippen LogP contribution < -0.4 is 16.1 Å². The average molecular weight is 410 g/mol. The quantitative estimate of drug-likeness (QED) is 0.584. The zero-order chi connectivity index (χ0) is 21.4. The first-order valence-corrected chi connectivity index (χ1v) is 11.0. The summed E-state index contributed by atoms with van der Waals surface area (Å²) in [7, 11) is 1.71. The molecule has 1 unspecified atom stereocenters. The van der Waals surface area contributed by atoms with Gasteiger partial charge in [0.1, 0.15) is 0 Å². The third-order valence-corrected chi connectivity index (χ3v) is 5.99. The third-order valence-electron chi connectivity index (χ3n) is 5.99. The first kappa shape index (κ1) is 20.4. The van der Waals surface area contributed by atoms with Crippen LogP contribution in [0.5, 0.6) is 0 Å². The SMILES string of the molecule is CCCCCCn1c(=O)c2c(nc3n2CC(C)CN3c2cccc(C)c2)n(C)c1=O. The second kappa shape index (κ2) is 8.13. The molecule has 0 saturated heterocycles. The zero-order valence-corrected chi connectivity index (χ0v) is 18.4. The second-order valence-corrected chi connectivity index (χ2v) is 8.61. The van der Waals surface area contributed by atoms with Crippen LogP contribution >= 0.6 is 0 Å². The van der Waals surface area contributed by atoms with Gasteiger partial charge in [-0.15, -0.1) is 0 Å². The van der Waals surface area contributed by atoms with Gasteiger partial charge in [0.2, 0.25) is 5.95 Å².